The molecule has 0 aliphatic carbocycles. The van der Waals surface area contributed by atoms with E-state index in [4.69, 9.17) is 5.11 Å². The monoisotopic (exact) mass is 284 g/mol. The predicted molar refractivity (Wildman–Crippen MR) is 63.4 cm³/mol. The molecule has 0 saturated carbocycles. The second-order valence-corrected chi connectivity index (χ2v) is 4.16. The summed E-state index contributed by atoms with van der Waals surface area (Å²) in [4.78, 5) is 26.0. The summed E-state index contributed by atoms with van der Waals surface area (Å²) in [5.74, 6) is -4.53. The molecule has 2 rings (SSSR count). The van der Waals surface area contributed by atoms with Gasteiger partial charge < -0.3 is 10.4 Å². The third kappa shape index (κ3) is 2.74. The maximum atomic E-state index is 13.4. The fraction of sp³-hybridized carbons (Fsp3) is 0. The lowest BCUT2D eigenvalue weighted by Gasteiger charge is -2.06. The van der Waals surface area contributed by atoms with Gasteiger partial charge >= 0.3 is 5.97 Å². The van der Waals surface area contributed by atoms with E-state index in [0.29, 0.717) is 6.07 Å². The zero-order valence-electron chi connectivity index (χ0n) is 9.18. The van der Waals surface area contributed by atoms with E-state index in [0.717, 1.165) is 6.07 Å². The van der Waals surface area contributed by atoms with Gasteiger partial charge in [0.1, 0.15) is 17.3 Å². The molecule has 1 heterocycles. The maximum absolute atomic E-state index is 13.4. The Labute approximate surface area is 109 Å². The molecular weight excluding hydrogens is 278 g/mol. The molecule has 0 saturated heterocycles. The van der Waals surface area contributed by atoms with Crippen molar-refractivity contribution in [2.45, 2.75) is 0 Å². The number of benzene rings is 1. The number of rotatable bonds is 3. The topological polar surface area (TPSA) is 79.3 Å². The van der Waals surface area contributed by atoms with Crippen molar-refractivity contribution in [2.24, 2.45) is 0 Å². The second-order valence-electron chi connectivity index (χ2n) is 3.44. The molecule has 2 N–H and O–H groups in total. The van der Waals surface area contributed by atoms with Gasteiger partial charge in [-0.2, -0.15) is 0 Å². The van der Waals surface area contributed by atoms with Gasteiger partial charge in [-0.15, -0.1) is 11.3 Å². The number of thiazole rings is 1. The van der Waals surface area contributed by atoms with Crippen LogP contribution in [-0.4, -0.2) is 22.0 Å². The summed E-state index contributed by atoms with van der Waals surface area (Å²) in [5.41, 5.74) is 0.330. The van der Waals surface area contributed by atoms with E-state index in [9.17, 15) is 18.4 Å². The number of anilines is 1. The van der Waals surface area contributed by atoms with Crippen LogP contribution in [0.4, 0.5) is 14.5 Å². The molecule has 0 fully saturated rings. The molecule has 19 heavy (non-hydrogen) atoms. The summed E-state index contributed by atoms with van der Waals surface area (Å²) in [6.45, 7) is 0. The number of aromatic nitrogens is 1. The summed E-state index contributed by atoms with van der Waals surface area (Å²) in [6, 6.07) is 1.12. The molecule has 0 radical (unpaired) electrons. The van der Waals surface area contributed by atoms with Crippen LogP contribution in [0.2, 0.25) is 0 Å². The van der Waals surface area contributed by atoms with E-state index < -0.39 is 34.8 Å². The van der Waals surface area contributed by atoms with Crippen molar-refractivity contribution in [2.75, 3.05) is 5.32 Å². The molecule has 0 bridgehead atoms. The van der Waals surface area contributed by atoms with Crippen molar-refractivity contribution in [1.82, 2.24) is 4.98 Å². The molecule has 0 unspecified atom stereocenters. The summed E-state index contributed by atoms with van der Waals surface area (Å²) in [7, 11) is 0. The molecule has 0 aliphatic heterocycles. The molecule has 0 spiro atoms. The summed E-state index contributed by atoms with van der Waals surface area (Å²) >= 11 is 1.17. The number of carbonyl (C=O) groups excluding carboxylic acids is 1. The smallest absolute Gasteiger partial charge is 0.338 e. The maximum Gasteiger partial charge on any atom is 0.338 e. The van der Waals surface area contributed by atoms with E-state index in [-0.39, 0.29) is 5.69 Å². The molecule has 8 heteroatoms. The molecule has 1 aromatic heterocycles. The van der Waals surface area contributed by atoms with Crippen LogP contribution in [0.3, 0.4) is 0 Å². The molecule has 1 amide bonds. The Morgan fingerprint density at radius 2 is 2.00 bits per heavy atom. The first-order valence-corrected chi connectivity index (χ1v) is 5.85. The van der Waals surface area contributed by atoms with Crippen molar-refractivity contribution < 1.29 is 23.5 Å². The number of nitrogens with one attached hydrogen (secondary N) is 1. The average molecular weight is 284 g/mol. The van der Waals surface area contributed by atoms with Crippen molar-refractivity contribution in [3.05, 3.63) is 45.9 Å². The molecule has 2 aromatic rings. The summed E-state index contributed by atoms with van der Waals surface area (Å²) in [5, 5.41) is 12.3. The summed E-state index contributed by atoms with van der Waals surface area (Å²) < 4.78 is 26.6. The normalized spacial score (nSPS) is 10.2. The minimum Gasteiger partial charge on any atom is -0.478 e. The molecule has 5 nitrogen and oxygen atoms in total. The Balaban J connectivity index is 2.32. The third-order valence-corrected chi connectivity index (χ3v) is 2.79. The Bertz CT molecular complexity index is 644. The zero-order valence-corrected chi connectivity index (χ0v) is 10.0. The highest BCUT2D eigenvalue weighted by Crippen LogP contribution is 2.20. The number of halogens is 2. The minimum absolute atomic E-state index is 0.0607. The number of nitrogens with zero attached hydrogens (tertiary/aromatic N) is 1. The highest BCUT2D eigenvalue weighted by Gasteiger charge is 2.17. The second kappa shape index (κ2) is 5.11. The van der Waals surface area contributed by atoms with E-state index >= 15 is 0 Å². The van der Waals surface area contributed by atoms with Crippen LogP contribution in [0.25, 0.3) is 0 Å². The third-order valence-electron chi connectivity index (χ3n) is 2.20. The van der Waals surface area contributed by atoms with Gasteiger partial charge in [-0.05, 0) is 6.07 Å². The highest BCUT2D eigenvalue weighted by molar-refractivity contribution is 7.07. The van der Waals surface area contributed by atoms with Gasteiger partial charge in [-0.1, -0.05) is 0 Å². The van der Waals surface area contributed by atoms with E-state index in [2.05, 4.69) is 10.3 Å². The number of amides is 1. The van der Waals surface area contributed by atoms with Crippen LogP contribution in [-0.2, 0) is 0 Å². The van der Waals surface area contributed by atoms with Crippen molar-refractivity contribution >= 4 is 28.9 Å². The Morgan fingerprint density at radius 3 is 2.58 bits per heavy atom. The van der Waals surface area contributed by atoms with Crippen molar-refractivity contribution in [1.29, 1.82) is 0 Å². The van der Waals surface area contributed by atoms with Gasteiger partial charge in [-0.25, -0.2) is 18.6 Å². The number of aromatic carboxylic acids is 1. The van der Waals surface area contributed by atoms with E-state index in [1.165, 1.54) is 22.2 Å². The van der Waals surface area contributed by atoms with Gasteiger partial charge in [0.05, 0.1) is 16.8 Å². The number of hydrogen-bond acceptors (Lipinski definition) is 4. The lowest BCUT2D eigenvalue weighted by molar-refractivity contribution is 0.0691. The molecule has 0 aliphatic rings. The van der Waals surface area contributed by atoms with Crippen LogP contribution >= 0.6 is 11.3 Å². The average Bonchev–Trinajstić information content (AvgIpc) is 2.85. The molecule has 0 atom stereocenters. The SMILES string of the molecule is O=C(Nc1cc(C(=O)O)c(F)cc1F)c1cscn1. The Kier molecular flexibility index (Phi) is 3.52. The summed E-state index contributed by atoms with van der Waals surface area (Å²) in [6.07, 6.45) is 0. The largest absolute Gasteiger partial charge is 0.478 e. The quantitative estimate of drug-likeness (QED) is 0.906. The molecule has 1 aromatic carbocycles. The number of hydrogen-bond donors (Lipinski definition) is 2. The van der Waals surface area contributed by atoms with Gasteiger partial charge in [0.15, 0.2) is 0 Å². The van der Waals surface area contributed by atoms with Gasteiger partial charge in [-0.3, -0.25) is 4.79 Å². The van der Waals surface area contributed by atoms with E-state index in [1.54, 1.807) is 0 Å². The lowest BCUT2D eigenvalue weighted by Crippen LogP contribution is -2.14. The van der Waals surface area contributed by atoms with Gasteiger partial charge in [0, 0.05) is 11.4 Å². The standard InChI is InChI=1S/C11H6F2N2O3S/c12-6-2-7(13)8(1-5(6)11(17)18)15-10(16)9-3-19-4-14-9/h1-4H,(H,15,16)(H,17,18). The van der Waals surface area contributed by atoms with Crippen LogP contribution in [0.1, 0.15) is 20.8 Å². The van der Waals surface area contributed by atoms with Gasteiger partial charge in [0.25, 0.3) is 5.91 Å². The predicted octanol–water partition coefficient (Wildman–Crippen LogP) is 2.37. The lowest BCUT2D eigenvalue weighted by atomic mass is 10.1. The molecule has 98 valence electrons. The first-order chi connectivity index (χ1) is 8.99. The fourth-order valence-electron chi connectivity index (χ4n) is 1.32. The minimum atomic E-state index is -1.55. The van der Waals surface area contributed by atoms with Crippen molar-refractivity contribution in [3.63, 3.8) is 0 Å². The Hall–Kier alpha value is -2.35. The number of carboxylic acids is 1. The number of carbonyl (C=O) groups is 2. The van der Waals surface area contributed by atoms with Crippen molar-refractivity contribution in [3.8, 4) is 0 Å². The first kappa shape index (κ1) is 13.1. The number of carboxylic acid groups (broad SMARTS) is 1. The van der Waals surface area contributed by atoms with Crippen LogP contribution in [0, 0.1) is 11.6 Å². The van der Waals surface area contributed by atoms with Gasteiger partial charge in [0.2, 0.25) is 0 Å². The Morgan fingerprint density at radius 1 is 1.26 bits per heavy atom. The first-order valence-electron chi connectivity index (χ1n) is 4.91. The van der Waals surface area contributed by atoms with E-state index in [1.807, 2.05) is 0 Å². The van der Waals surface area contributed by atoms with Crippen LogP contribution < -0.4 is 5.32 Å². The highest BCUT2D eigenvalue weighted by atomic mass is 32.1. The zero-order chi connectivity index (χ0) is 14.0. The van der Waals surface area contributed by atoms with Crippen LogP contribution in [0.15, 0.2) is 23.0 Å². The van der Waals surface area contributed by atoms with Crippen LogP contribution in [0.5, 0.6) is 0 Å². The fourth-order valence-corrected chi connectivity index (χ4v) is 1.85. The molecular formula is C11H6F2N2O3S.